The maximum atomic E-state index is 12.2. The summed E-state index contributed by atoms with van der Waals surface area (Å²) in [5.41, 5.74) is 4.01. The summed E-state index contributed by atoms with van der Waals surface area (Å²) in [7, 11) is 0. The molecule has 0 spiro atoms. The first kappa shape index (κ1) is 10.6. The summed E-state index contributed by atoms with van der Waals surface area (Å²) in [6.45, 7) is 0. The lowest BCUT2D eigenvalue weighted by Gasteiger charge is -2.05. The van der Waals surface area contributed by atoms with Gasteiger partial charge in [-0.3, -0.25) is 0 Å². The van der Waals surface area contributed by atoms with Gasteiger partial charge in [0.1, 0.15) is 5.82 Å². The molecule has 1 heterocycles. The van der Waals surface area contributed by atoms with Gasteiger partial charge in [0.2, 0.25) is 0 Å². The number of aromatic nitrogens is 1. The average Bonchev–Trinajstić information content (AvgIpc) is 2.07. The Hall–Kier alpha value is -1.43. The number of carboxylic acids is 1. The van der Waals surface area contributed by atoms with Crippen molar-refractivity contribution in [1.82, 2.24) is 4.98 Å². The van der Waals surface area contributed by atoms with Crippen LogP contribution in [0.3, 0.4) is 0 Å². The molecule has 3 N–H and O–H groups in total. The molecule has 0 amide bonds. The lowest BCUT2D eigenvalue weighted by molar-refractivity contribution is 0.0690. The lowest BCUT2D eigenvalue weighted by atomic mass is 10.2. The Bertz CT molecular complexity index is 384. The average molecular weight is 223 g/mol. The second-order valence-corrected chi connectivity index (χ2v) is 2.81. The van der Waals surface area contributed by atoms with Crippen LogP contribution in [0, 0.1) is 0 Å². The minimum absolute atomic E-state index is 0.359. The Morgan fingerprint density at radius 3 is 2.64 bits per heavy atom. The van der Waals surface area contributed by atoms with E-state index in [9.17, 15) is 13.6 Å². The number of nitrogen functional groups attached to an aromatic ring is 1. The molecule has 0 atom stereocenters. The maximum absolute atomic E-state index is 12.2. The van der Waals surface area contributed by atoms with E-state index in [1.807, 2.05) is 0 Å². The van der Waals surface area contributed by atoms with Crippen LogP contribution in [0.2, 0.25) is 5.02 Å². The van der Waals surface area contributed by atoms with Gasteiger partial charge in [0.25, 0.3) is 6.43 Å². The minimum atomic E-state index is -2.83. The van der Waals surface area contributed by atoms with Gasteiger partial charge in [0, 0.05) is 0 Å². The number of rotatable bonds is 2. The zero-order valence-corrected chi connectivity index (χ0v) is 7.42. The third kappa shape index (κ3) is 1.90. The van der Waals surface area contributed by atoms with Crippen LogP contribution in [0.25, 0.3) is 0 Å². The van der Waals surface area contributed by atoms with Crippen molar-refractivity contribution >= 4 is 23.4 Å². The predicted octanol–water partition coefficient (Wildman–Crippen LogP) is 1.95. The van der Waals surface area contributed by atoms with Gasteiger partial charge in [0.15, 0.2) is 5.69 Å². The maximum Gasteiger partial charge on any atom is 0.356 e. The van der Waals surface area contributed by atoms with Crippen molar-refractivity contribution in [2.24, 2.45) is 0 Å². The van der Waals surface area contributed by atoms with Crippen molar-refractivity contribution in [3.8, 4) is 0 Å². The van der Waals surface area contributed by atoms with Crippen LogP contribution >= 0.6 is 11.6 Å². The highest BCUT2D eigenvalue weighted by Crippen LogP contribution is 2.28. The van der Waals surface area contributed by atoms with Crippen molar-refractivity contribution in [2.45, 2.75) is 6.43 Å². The molecule has 1 aromatic rings. The Kier molecular flexibility index (Phi) is 2.85. The van der Waals surface area contributed by atoms with Gasteiger partial charge in [-0.25, -0.2) is 18.6 Å². The summed E-state index contributed by atoms with van der Waals surface area (Å²) in [4.78, 5) is 13.7. The smallest absolute Gasteiger partial charge is 0.356 e. The van der Waals surface area contributed by atoms with E-state index in [1.54, 1.807) is 0 Å². The van der Waals surface area contributed by atoms with Crippen LogP contribution in [0.1, 0.15) is 22.5 Å². The largest absolute Gasteiger partial charge is 0.476 e. The van der Waals surface area contributed by atoms with Gasteiger partial charge in [-0.1, -0.05) is 11.6 Å². The molecule has 0 aliphatic rings. The highest BCUT2D eigenvalue weighted by molar-refractivity contribution is 6.33. The fourth-order valence-corrected chi connectivity index (χ4v) is 1.08. The predicted molar refractivity (Wildman–Crippen MR) is 45.6 cm³/mol. The number of nitrogens with zero attached hydrogens (tertiary/aromatic N) is 1. The first-order chi connectivity index (χ1) is 6.43. The van der Waals surface area contributed by atoms with E-state index in [4.69, 9.17) is 22.4 Å². The van der Waals surface area contributed by atoms with E-state index >= 15 is 0 Å². The fourth-order valence-electron chi connectivity index (χ4n) is 0.842. The van der Waals surface area contributed by atoms with Gasteiger partial charge < -0.3 is 10.8 Å². The van der Waals surface area contributed by atoms with Crippen LogP contribution in [-0.4, -0.2) is 16.1 Å². The first-order valence-corrected chi connectivity index (χ1v) is 3.78. The molecule has 76 valence electrons. The molecule has 14 heavy (non-hydrogen) atoms. The topological polar surface area (TPSA) is 76.2 Å². The van der Waals surface area contributed by atoms with Crippen molar-refractivity contribution < 1.29 is 18.7 Å². The number of pyridine rings is 1. The molecular weight excluding hydrogens is 218 g/mol. The molecule has 4 nitrogen and oxygen atoms in total. The molecule has 7 heteroatoms. The summed E-state index contributed by atoms with van der Waals surface area (Å²) in [5, 5.41) is 8.17. The summed E-state index contributed by atoms with van der Waals surface area (Å²) in [6.07, 6.45) is -2.83. The number of carboxylic acid groups (broad SMARTS) is 1. The van der Waals surface area contributed by atoms with E-state index in [-0.39, 0.29) is 5.02 Å². The third-order valence-corrected chi connectivity index (χ3v) is 1.76. The van der Waals surface area contributed by atoms with Crippen LogP contribution in [0.15, 0.2) is 6.07 Å². The number of nitrogens with two attached hydrogens (primary N) is 1. The molecule has 0 aliphatic carbocycles. The molecule has 0 bridgehead atoms. The van der Waals surface area contributed by atoms with Crippen molar-refractivity contribution in [2.75, 3.05) is 5.73 Å². The summed E-state index contributed by atoms with van der Waals surface area (Å²) in [6, 6.07) is 0.804. The number of hydrogen-bond acceptors (Lipinski definition) is 3. The summed E-state index contributed by atoms with van der Waals surface area (Å²) in [5.74, 6) is -1.94. The second kappa shape index (κ2) is 3.75. The monoisotopic (exact) mass is 222 g/mol. The van der Waals surface area contributed by atoms with Crippen molar-refractivity contribution in [3.63, 3.8) is 0 Å². The van der Waals surface area contributed by atoms with E-state index in [0.29, 0.717) is 0 Å². The first-order valence-electron chi connectivity index (χ1n) is 3.41. The van der Waals surface area contributed by atoms with E-state index in [1.165, 1.54) is 0 Å². The third-order valence-electron chi connectivity index (χ3n) is 1.47. The Labute approximate surface area is 82.3 Å². The van der Waals surface area contributed by atoms with Crippen LogP contribution in [0.4, 0.5) is 14.6 Å². The van der Waals surface area contributed by atoms with Crippen molar-refractivity contribution in [1.29, 1.82) is 0 Å². The van der Waals surface area contributed by atoms with Crippen LogP contribution < -0.4 is 5.73 Å². The summed E-state index contributed by atoms with van der Waals surface area (Å²) >= 11 is 5.41. The molecule has 0 fully saturated rings. The van der Waals surface area contributed by atoms with Crippen molar-refractivity contribution in [3.05, 3.63) is 22.3 Å². The lowest BCUT2D eigenvalue weighted by Crippen LogP contribution is -2.07. The van der Waals surface area contributed by atoms with Gasteiger partial charge >= 0.3 is 5.97 Å². The number of anilines is 1. The van der Waals surface area contributed by atoms with Crippen LogP contribution in [-0.2, 0) is 0 Å². The number of carbonyl (C=O) groups is 1. The SMILES string of the molecule is Nc1nc(C(=O)O)c(Cl)cc1C(F)F. The molecule has 0 aliphatic heterocycles. The van der Waals surface area contributed by atoms with E-state index < -0.39 is 29.5 Å². The van der Waals surface area contributed by atoms with Gasteiger partial charge in [-0.2, -0.15) is 0 Å². The van der Waals surface area contributed by atoms with E-state index in [2.05, 4.69) is 4.98 Å². The van der Waals surface area contributed by atoms with Gasteiger partial charge in [-0.05, 0) is 6.07 Å². The quantitative estimate of drug-likeness (QED) is 0.802. The Morgan fingerprint density at radius 2 is 2.21 bits per heavy atom. The standard InChI is InChI=1S/C7H5ClF2N2O2/c8-3-1-2(5(9)10)6(11)12-4(3)7(13)14/h1,5H,(H2,11,12)(H,13,14). The highest BCUT2D eigenvalue weighted by Gasteiger charge is 2.18. The highest BCUT2D eigenvalue weighted by atomic mass is 35.5. The Morgan fingerprint density at radius 1 is 1.64 bits per heavy atom. The molecule has 1 rings (SSSR count). The second-order valence-electron chi connectivity index (χ2n) is 2.40. The van der Waals surface area contributed by atoms with Crippen LogP contribution in [0.5, 0.6) is 0 Å². The molecule has 0 saturated heterocycles. The Balaban J connectivity index is 3.31. The number of halogens is 3. The van der Waals surface area contributed by atoms with Gasteiger partial charge in [0.05, 0.1) is 10.6 Å². The number of hydrogen-bond donors (Lipinski definition) is 2. The fraction of sp³-hybridized carbons (Fsp3) is 0.143. The minimum Gasteiger partial charge on any atom is -0.476 e. The molecule has 0 aromatic carbocycles. The number of aromatic carboxylic acids is 1. The zero-order chi connectivity index (χ0) is 10.9. The number of alkyl halides is 2. The zero-order valence-electron chi connectivity index (χ0n) is 6.67. The normalized spacial score (nSPS) is 10.6. The molecular formula is C7H5ClF2N2O2. The molecule has 1 aromatic heterocycles. The van der Waals surface area contributed by atoms with Gasteiger partial charge in [-0.15, -0.1) is 0 Å². The molecule has 0 radical (unpaired) electrons. The molecule has 0 unspecified atom stereocenters. The summed E-state index contributed by atoms with van der Waals surface area (Å²) < 4.78 is 24.4. The molecule has 0 saturated carbocycles. The van der Waals surface area contributed by atoms with E-state index in [0.717, 1.165) is 6.07 Å².